The van der Waals surface area contributed by atoms with E-state index in [1.165, 1.54) is 30.2 Å². The first-order valence-corrected chi connectivity index (χ1v) is 10.6. The highest BCUT2D eigenvalue weighted by Crippen LogP contribution is 2.39. The molecule has 1 aromatic carbocycles. The predicted octanol–water partition coefficient (Wildman–Crippen LogP) is 5.87. The van der Waals surface area contributed by atoms with E-state index in [9.17, 15) is 26.3 Å². The molecule has 3 rings (SSSR count). The Labute approximate surface area is 199 Å². The fourth-order valence-electron chi connectivity index (χ4n) is 2.97. The topological polar surface area (TPSA) is 68.3 Å². The first-order valence-electron chi connectivity index (χ1n) is 9.77. The minimum Gasteiger partial charge on any atom is -0.270 e. The van der Waals surface area contributed by atoms with Gasteiger partial charge in [0.1, 0.15) is 5.70 Å². The van der Waals surface area contributed by atoms with E-state index >= 15 is 0 Å². The van der Waals surface area contributed by atoms with Gasteiger partial charge in [-0.05, 0) is 44.2 Å². The minimum absolute atomic E-state index is 0.107. The third-order valence-electron chi connectivity index (χ3n) is 4.57. The third kappa shape index (κ3) is 6.21. The van der Waals surface area contributed by atoms with E-state index in [1.807, 2.05) is 0 Å². The van der Waals surface area contributed by atoms with Gasteiger partial charge in [0.05, 0.1) is 35.1 Å². The van der Waals surface area contributed by atoms with Crippen LogP contribution in [0.4, 0.5) is 26.3 Å². The number of rotatable bonds is 5. The smallest absolute Gasteiger partial charge is 0.270 e. The molecule has 0 N–H and O–H groups in total. The molecule has 0 saturated heterocycles. The zero-order valence-corrected chi connectivity index (χ0v) is 19.0. The van der Waals surface area contributed by atoms with Gasteiger partial charge in [-0.2, -0.15) is 31.4 Å². The van der Waals surface area contributed by atoms with E-state index < -0.39 is 29.5 Å². The van der Waals surface area contributed by atoms with Gasteiger partial charge in [0.15, 0.2) is 10.0 Å². The molecule has 0 aliphatic carbocycles. The monoisotopic (exact) mass is 510 g/mol. The van der Waals surface area contributed by atoms with Gasteiger partial charge < -0.3 is 0 Å². The first kappa shape index (κ1) is 25.8. The molecule has 182 valence electrons. The lowest BCUT2D eigenvalue weighted by atomic mass is 9.98. The van der Waals surface area contributed by atoms with Crippen molar-refractivity contribution in [3.8, 4) is 11.8 Å². The van der Waals surface area contributed by atoms with Crippen molar-refractivity contribution in [2.24, 2.45) is 9.98 Å². The van der Waals surface area contributed by atoms with E-state index in [4.69, 9.17) is 0 Å². The van der Waals surface area contributed by atoms with E-state index in [1.54, 1.807) is 13.1 Å². The summed E-state index contributed by atoms with van der Waals surface area (Å²) in [5.41, 5.74) is -2.29. The van der Waals surface area contributed by atoms with Crippen LogP contribution in [-0.4, -0.2) is 32.9 Å². The molecule has 0 spiro atoms. The summed E-state index contributed by atoms with van der Waals surface area (Å²) in [4.78, 5) is 7.77. The van der Waals surface area contributed by atoms with Gasteiger partial charge in [0, 0.05) is 12.4 Å². The van der Waals surface area contributed by atoms with E-state index in [-0.39, 0.29) is 11.6 Å². The molecule has 13 heteroatoms. The highest BCUT2D eigenvalue weighted by Gasteiger charge is 2.39. The molecule has 0 aliphatic heterocycles. The van der Waals surface area contributed by atoms with Crippen molar-refractivity contribution in [2.75, 3.05) is 0 Å². The maximum absolute atomic E-state index is 13.5. The number of hydrogen-bond donors (Lipinski definition) is 0. The lowest BCUT2D eigenvalue weighted by Crippen LogP contribution is -2.17. The summed E-state index contributed by atoms with van der Waals surface area (Å²) in [7, 11) is 0. The van der Waals surface area contributed by atoms with Crippen molar-refractivity contribution in [3.05, 3.63) is 69.1 Å². The normalized spacial score (nSPS) is 13.5. The molecule has 2 aromatic heterocycles. The Balaban J connectivity index is 1.88. The Kier molecular flexibility index (Phi) is 7.54. The van der Waals surface area contributed by atoms with Crippen LogP contribution in [0.15, 0.2) is 46.8 Å². The van der Waals surface area contributed by atoms with Gasteiger partial charge in [-0.3, -0.25) is 14.7 Å². The van der Waals surface area contributed by atoms with Gasteiger partial charge in [-0.1, -0.05) is 23.3 Å². The van der Waals surface area contributed by atoms with Gasteiger partial charge in [0.25, 0.3) is 0 Å². The number of halogens is 6. The summed E-state index contributed by atoms with van der Waals surface area (Å²) >= 11 is 1.15. The maximum Gasteiger partial charge on any atom is 0.416 e. The Bertz CT molecular complexity index is 1340. The second-order valence-corrected chi connectivity index (χ2v) is 7.91. The molecule has 0 saturated carbocycles. The summed E-state index contributed by atoms with van der Waals surface area (Å²) in [6.07, 6.45) is -4.18. The Morgan fingerprint density at radius 1 is 1.14 bits per heavy atom. The van der Waals surface area contributed by atoms with Crippen LogP contribution in [0, 0.1) is 11.8 Å². The third-order valence-corrected chi connectivity index (χ3v) is 5.44. The van der Waals surface area contributed by atoms with E-state index in [0.717, 1.165) is 17.4 Å². The molecule has 1 atom stereocenters. The van der Waals surface area contributed by atoms with Crippen molar-refractivity contribution in [1.82, 2.24) is 20.0 Å². The van der Waals surface area contributed by atoms with Crippen LogP contribution in [0.2, 0.25) is 0 Å². The molecule has 1 unspecified atom stereocenters. The Hall–Kier alpha value is -3.79. The molecule has 2 heterocycles. The summed E-state index contributed by atoms with van der Waals surface area (Å²) in [5.74, 6) is 5.57. The average Bonchev–Trinajstić information content (AvgIpc) is 3.45. The van der Waals surface area contributed by atoms with Crippen LogP contribution in [0.25, 0.3) is 5.70 Å². The number of benzene rings is 1. The van der Waals surface area contributed by atoms with Crippen molar-refractivity contribution in [1.29, 1.82) is 0 Å². The summed E-state index contributed by atoms with van der Waals surface area (Å²) in [6, 6.07) is 0.527. The average molecular weight is 510 g/mol. The molecule has 0 fully saturated rings. The molecular formula is C22H16F6N6S. The van der Waals surface area contributed by atoms with Gasteiger partial charge in [-0.15, -0.1) is 10.2 Å². The largest absolute Gasteiger partial charge is 0.416 e. The lowest BCUT2D eigenvalue weighted by molar-refractivity contribution is -0.143. The number of alkyl halides is 6. The van der Waals surface area contributed by atoms with E-state index in [0.29, 0.717) is 27.3 Å². The van der Waals surface area contributed by atoms with E-state index in [2.05, 4.69) is 43.8 Å². The second-order valence-electron chi connectivity index (χ2n) is 6.93. The first-order chi connectivity index (χ1) is 16.4. The van der Waals surface area contributed by atoms with Crippen LogP contribution >= 0.6 is 11.3 Å². The molecule has 0 bridgehead atoms. The van der Waals surface area contributed by atoms with Crippen LogP contribution in [0.3, 0.4) is 0 Å². The van der Waals surface area contributed by atoms with Crippen molar-refractivity contribution < 1.29 is 26.3 Å². The summed E-state index contributed by atoms with van der Waals surface area (Å²) in [5, 5.41) is 12.8. The number of nitrogens with zero attached hydrogens (tertiary/aromatic N) is 6. The predicted molar refractivity (Wildman–Crippen MR) is 120 cm³/mol. The van der Waals surface area contributed by atoms with Gasteiger partial charge in [-0.25, -0.2) is 0 Å². The maximum atomic E-state index is 13.5. The quantitative estimate of drug-likeness (QED) is 0.245. The lowest BCUT2D eigenvalue weighted by Gasteiger charge is -2.20. The molecule has 3 aromatic rings. The molecule has 0 radical (unpaired) electrons. The van der Waals surface area contributed by atoms with Crippen LogP contribution < -0.4 is 0 Å². The van der Waals surface area contributed by atoms with Gasteiger partial charge >= 0.3 is 12.4 Å². The fraction of sp³-hybridized carbons (Fsp3) is 0.227. The van der Waals surface area contributed by atoms with Gasteiger partial charge in [0.2, 0.25) is 0 Å². The highest BCUT2D eigenvalue weighted by molar-refractivity contribution is 7.12. The van der Waals surface area contributed by atoms with Crippen LogP contribution in [-0.2, 0) is 12.4 Å². The zero-order valence-electron chi connectivity index (χ0n) is 18.2. The SMILES string of the molecule is C=N/C=C(\N=C/C)c1nnc(C#Cc2cnn(C(C)c3ccc(C(F)(F)F)cc3C(F)(F)F)c2)s1. The van der Waals surface area contributed by atoms with Crippen LogP contribution in [0.1, 0.15) is 52.2 Å². The summed E-state index contributed by atoms with van der Waals surface area (Å²) < 4.78 is 80.5. The van der Waals surface area contributed by atoms with Crippen molar-refractivity contribution in [2.45, 2.75) is 32.2 Å². The fourth-order valence-corrected chi connectivity index (χ4v) is 3.63. The van der Waals surface area contributed by atoms with Crippen LogP contribution in [0.5, 0.6) is 0 Å². The number of aliphatic imine (C=N–C) groups is 2. The standard InChI is InChI=1S/C22H16F6N6S/c1-4-30-18(11-29-3)20-33-32-19(35-20)8-5-14-10-31-34(12-14)13(2)16-7-6-15(21(23,24)25)9-17(16)22(26,27)28/h4,6-7,9-13H,3H2,1-2H3/b18-11-,30-4-. The molecule has 0 aliphatic rings. The Morgan fingerprint density at radius 2 is 1.89 bits per heavy atom. The number of hydrogen-bond acceptors (Lipinski definition) is 6. The minimum atomic E-state index is -4.98. The molecule has 0 amide bonds. The van der Waals surface area contributed by atoms with Crippen molar-refractivity contribution >= 4 is 30.0 Å². The molecule has 6 nitrogen and oxygen atoms in total. The summed E-state index contributed by atoms with van der Waals surface area (Å²) in [6.45, 7) is 6.49. The molecular weight excluding hydrogens is 494 g/mol. The number of aromatic nitrogens is 4. The second kappa shape index (κ2) is 10.2. The van der Waals surface area contributed by atoms with Crippen molar-refractivity contribution in [3.63, 3.8) is 0 Å². The molecule has 35 heavy (non-hydrogen) atoms. The Morgan fingerprint density at radius 3 is 2.51 bits per heavy atom. The highest BCUT2D eigenvalue weighted by atomic mass is 32.1. The zero-order chi connectivity index (χ0) is 25.8.